The molecule has 3 heterocycles. The molecule has 1 aliphatic rings. The number of piperazine rings is 1. The Hall–Kier alpha value is -2.41. The number of hydrogen-bond acceptors (Lipinski definition) is 4. The Labute approximate surface area is 142 Å². The van der Waals surface area contributed by atoms with Gasteiger partial charge in [0.1, 0.15) is 0 Å². The monoisotopic (exact) mass is 328 g/mol. The lowest BCUT2D eigenvalue weighted by atomic mass is 10.2. The molecule has 0 bridgehead atoms. The van der Waals surface area contributed by atoms with Crippen molar-refractivity contribution < 1.29 is 4.79 Å². The van der Waals surface area contributed by atoms with Crippen molar-refractivity contribution in [3.05, 3.63) is 48.8 Å². The van der Waals surface area contributed by atoms with Crippen LogP contribution >= 0.6 is 0 Å². The summed E-state index contributed by atoms with van der Waals surface area (Å²) in [5, 5.41) is 3.06. The highest BCUT2D eigenvalue weighted by Crippen LogP contribution is 2.08. The molecule has 1 fully saturated rings. The van der Waals surface area contributed by atoms with E-state index in [-0.39, 0.29) is 12.1 Å². The van der Waals surface area contributed by atoms with Gasteiger partial charge in [-0.2, -0.15) is 0 Å². The van der Waals surface area contributed by atoms with Crippen LogP contribution in [0.3, 0.4) is 0 Å². The lowest BCUT2D eigenvalue weighted by Crippen LogP contribution is -2.53. The van der Waals surface area contributed by atoms with Gasteiger partial charge in [0, 0.05) is 70.1 Å². The van der Waals surface area contributed by atoms with E-state index in [4.69, 9.17) is 0 Å². The second-order valence-corrected chi connectivity index (χ2v) is 6.23. The van der Waals surface area contributed by atoms with Gasteiger partial charge in [0.05, 0.1) is 6.33 Å². The minimum Gasteiger partial charge on any atom is -0.335 e. The second-order valence-electron chi connectivity index (χ2n) is 6.23. The fourth-order valence-corrected chi connectivity index (χ4v) is 2.91. The van der Waals surface area contributed by atoms with E-state index in [0.717, 1.165) is 39.3 Å². The molecule has 128 valence electrons. The molecule has 2 aromatic heterocycles. The largest absolute Gasteiger partial charge is 0.335 e. The molecule has 3 rings (SSSR count). The molecule has 2 aromatic rings. The molecule has 0 unspecified atom stereocenters. The van der Waals surface area contributed by atoms with E-state index in [1.165, 1.54) is 5.56 Å². The minimum absolute atomic E-state index is 0.0196. The molecule has 1 saturated heterocycles. The Kier molecular flexibility index (Phi) is 5.43. The van der Waals surface area contributed by atoms with Gasteiger partial charge in [0.15, 0.2) is 0 Å². The fourth-order valence-electron chi connectivity index (χ4n) is 2.91. The van der Waals surface area contributed by atoms with Crippen LogP contribution in [0, 0.1) is 0 Å². The SMILES string of the molecule is C[C@@H](Cn1ccnc1)NC(=O)N1CCN(Cc2ccncc2)CC1. The van der Waals surface area contributed by atoms with Crippen molar-refractivity contribution in [2.45, 2.75) is 26.1 Å². The third kappa shape index (κ3) is 4.55. The standard InChI is InChI=1S/C17H24N6O/c1-15(12-22-7-6-19-14-22)20-17(24)23-10-8-21(9-11-23)13-16-2-4-18-5-3-16/h2-7,14-15H,8-13H2,1H3,(H,20,24)/t15-/m0/s1. The highest BCUT2D eigenvalue weighted by molar-refractivity contribution is 5.74. The van der Waals surface area contributed by atoms with E-state index < -0.39 is 0 Å². The number of hydrogen-bond donors (Lipinski definition) is 1. The number of rotatable bonds is 5. The van der Waals surface area contributed by atoms with Crippen molar-refractivity contribution in [1.82, 2.24) is 29.7 Å². The smallest absolute Gasteiger partial charge is 0.317 e. The zero-order valence-electron chi connectivity index (χ0n) is 14.0. The van der Waals surface area contributed by atoms with Gasteiger partial charge in [-0.15, -0.1) is 0 Å². The maximum Gasteiger partial charge on any atom is 0.317 e. The number of carbonyl (C=O) groups excluding carboxylic acids is 1. The van der Waals surface area contributed by atoms with E-state index in [1.807, 2.05) is 47.1 Å². The third-order valence-electron chi connectivity index (χ3n) is 4.23. The first-order valence-electron chi connectivity index (χ1n) is 8.33. The van der Waals surface area contributed by atoms with Gasteiger partial charge in [-0.3, -0.25) is 9.88 Å². The van der Waals surface area contributed by atoms with Gasteiger partial charge in [-0.05, 0) is 24.6 Å². The highest BCUT2D eigenvalue weighted by atomic mass is 16.2. The number of carbonyl (C=O) groups is 1. The molecule has 7 nitrogen and oxygen atoms in total. The molecule has 0 aliphatic carbocycles. The van der Waals surface area contributed by atoms with Crippen LogP contribution in [0.5, 0.6) is 0 Å². The lowest BCUT2D eigenvalue weighted by Gasteiger charge is -2.35. The van der Waals surface area contributed by atoms with Crippen molar-refractivity contribution >= 4 is 6.03 Å². The van der Waals surface area contributed by atoms with Crippen LogP contribution in [-0.2, 0) is 13.1 Å². The topological polar surface area (TPSA) is 66.3 Å². The number of nitrogens with zero attached hydrogens (tertiary/aromatic N) is 5. The molecule has 0 radical (unpaired) electrons. The molecule has 2 amide bonds. The lowest BCUT2D eigenvalue weighted by molar-refractivity contribution is 0.133. The highest BCUT2D eigenvalue weighted by Gasteiger charge is 2.22. The first-order chi connectivity index (χ1) is 11.7. The van der Waals surface area contributed by atoms with Crippen LogP contribution in [0.15, 0.2) is 43.2 Å². The van der Waals surface area contributed by atoms with Gasteiger partial charge < -0.3 is 14.8 Å². The van der Waals surface area contributed by atoms with Gasteiger partial charge in [0.2, 0.25) is 0 Å². The Morgan fingerprint density at radius 3 is 2.58 bits per heavy atom. The molecule has 1 atom stereocenters. The summed E-state index contributed by atoms with van der Waals surface area (Å²) in [5.41, 5.74) is 1.26. The van der Waals surface area contributed by atoms with E-state index in [2.05, 4.69) is 20.2 Å². The molecule has 0 aromatic carbocycles. The molecule has 7 heteroatoms. The predicted octanol–water partition coefficient (Wildman–Crippen LogP) is 1.19. The molecule has 1 N–H and O–H groups in total. The number of pyridine rings is 1. The maximum atomic E-state index is 12.4. The van der Waals surface area contributed by atoms with Crippen LogP contribution in [0.2, 0.25) is 0 Å². The zero-order valence-corrected chi connectivity index (χ0v) is 14.0. The van der Waals surface area contributed by atoms with Crippen molar-refractivity contribution in [3.8, 4) is 0 Å². The average molecular weight is 328 g/mol. The van der Waals surface area contributed by atoms with Crippen LogP contribution in [0.25, 0.3) is 0 Å². The van der Waals surface area contributed by atoms with Crippen LogP contribution in [-0.4, -0.2) is 62.6 Å². The predicted molar refractivity (Wildman–Crippen MR) is 91.3 cm³/mol. The van der Waals surface area contributed by atoms with Crippen LogP contribution in [0.1, 0.15) is 12.5 Å². The number of imidazole rings is 1. The van der Waals surface area contributed by atoms with E-state index in [9.17, 15) is 4.79 Å². The minimum atomic E-state index is 0.0196. The van der Waals surface area contributed by atoms with Gasteiger partial charge in [-0.1, -0.05) is 0 Å². The molecule has 24 heavy (non-hydrogen) atoms. The summed E-state index contributed by atoms with van der Waals surface area (Å²) >= 11 is 0. The first kappa shape index (κ1) is 16.4. The number of nitrogens with one attached hydrogen (secondary N) is 1. The van der Waals surface area contributed by atoms with E-state index in [0.29, 0.717) is 0 Å². The Morgan fingerprint density at radius 2 is 1.92 bits per heavy atom. The van der Waals surface area contributed by atoms with Crippen LogP contribution < -0.4 is 5.32 Å². The van der Waals surface area contributed by atoms with Gasteiger partial charge >= 0.3 is 6.03 Å². The van der Waals surface area contributed by atoms with Crippen molar-refractivity contribution in [1.29, 1.82) is 0 Å². The van der Waals surface area contributed by atoms with E-state index >= 15 is 0 Å². The summed E-state index contributed by atoms with van der Waals surface area (Å²) < 4.78 is 1.97. The maximum absolute atomic E-state index is 12.4. The summed E-state index contributed by atoms with van der Waals surface area (Å²) in [6.07, 6.45) is 9.05. The summed E-state index contributed by atoms with van der Waals surface area (Å²) in [4.78, 5) is 24.7. The average Bonchev–Trinajstić information content (AvgIpc) is 3.09. The van der Waals surface area contributed by atoms with Gasteiger partial charge in [-0.25, -0.2) is 9.78 Å². The molecular weight excluding hydrogens is 304 g/mol. The second kappa shape index (κ2) is 7.92. The molecule has 0 saturated carbocycles. The summed E-state index contributed by atoms with van der Waals surface area (Å²) in [5.74, 6) is 0. The summed E-state index contributed by atoms with van der Waals surface area (Å²) in [7, 11) is 0. The van der Waals surface area contributed by atoms with Crippen LogP contribution in [0.4, 0.5) is 4.79 Å². The van der Waals surface area contributed by atoms with E-state index in [1.54, 1.807) is 12.5 Å². The first-order valence-corrected chi connectivity index (χ1v) is 8.33. The summed E-state index contributed by atoms with van der Waals surface area (Å²) in [6.45, 7) is 6.96. The molecular formula is C17H24N6O. The quantitative estimate of drug-likeness (QED) is 0.895. The zero-order chi connectivity index (χ0) is 16.8. The normalized spacial score (nSPS) is 16.8. The third-order valence-corrected chi connectivity index (χ3v) is 4.23. The Morgan fingerprint density at radius 1 is 1.17 bits per heavy atom. The van der Waals surface area contributed by atoms with Crippen molar-refractivity contribution in [3.63, 3.8) is 0 Å². The molecule has 1 aliphatic heterocycles. The van der Waals surface area contributed by atoms with Crippen molar-refractivity contribution in [2.24, 2.45) is 0 Å². The number of aromatic nitrogens is 3. The number of urea groups is 1. The summed E-state index contributed by atoms with van der Waals surface area (Å²) in [6, 6.07) is 4.17. The fraction of sp³-hybridized carbons (Fsp3) is 0.471. The number of amides is 2. The van der Waals surface area contributed by atoms with Gasteiger partial charge in [0.25, 0.3) is 0 Å². The van der Waals surface area contributed by atoms with Crippen molar-refractivity contribution in [2.75, 3.05) is 26.2 Å². The Bertz CT molecular complexity index is 622. The molecule has 0 spiro atoms. The Balaban J connectivity index is 1.41.